The molecule has 1 aromatic carbocycles. The highest BCUT2D eigenvalue weighted by Crippen LogP contribution is 2.52. The fourth-order valence-corrected chi connectivity index (χ4v) is 1.61. The summed E-state index contributed by atoms with van der Waals surface area (Å²) >= 11 is 11.2. The summed E-state index contributed by atoms with van der Waals surface area (Å²) in [5.41, 5.74) is 11.6. The molecule has 0 aliphatic carbocycles. The van der Waals surface area contributed by atoms with Crippen molar-refractivity contribution >= 4 is 43.8 Å². The summed E-state index contributed by atoms with van der Waals surface area (Å²) in [6.07, 6.45) is 0. The van der Waals surface area contributed by atoms with Crippen molar-refractivity contribution in [2.45, 2.75) is 10.1 Å². The SMILES string of the molecule is Nc1cc2c(cc1N)OC(P)(Cl)C(F)(Cl)O2. The molecular formula is C8H8Cl2FN2O2P. The number of ether oxygens (including phenoxy) is 2. The van der Waals surface area contributed by atoms with E-state index in [-0.39, 0.29) is 22.9 Å². The Morgan fingerprint density at radius 3 is 2.06 bits per heavy atom. The molecule has 0 radical (unpaired) electrons. The fraction of sp³-hybridized carbons (Fsp3) is 0.250. The average Bonchev–Trinajstić information content (AvgIpc) is 2.10. The first kappa shape index (κ1) is 11.8. The Balaban J connectivity index is 2.52. The van der Waals surface area contributed by atoms with E-state index >= 15 is 0 Å². The molecule has 2 rings (SSSR count). The van der Waals surface area contributed by atoms with Crippen LogP contribution in [0.1, 0.15) is 0 Å². The molecule has 16 heavy (non-hydrogen) atoms. The summed E-state index contributed by atoms with van der Waals surface area (Å²) in [7, 11) is 1.92. The molecule has 1 heterocycles. The largest absolute Gasteiger partial charge is 0.456 e. The van der Waals surface area contributed by atoms with Crippen molar-refractivity contribution in [3.8, 4) is 11.5 Å². The molecule has 88 valence electrons. The maximum absolute atomic E-state index is 13.8. The molecule has 1 aliphatic rings. The molecule has 0 saturated heterocycles. The van der Waals surface area contributed by atoms with Crippen LogP contribution in [0, 0.1) is 0 Å². The fourth-order valence-electron chi connectivity index (χ4n) is 1.18. The smallest absolute Gasteiger partial charge is 0.385 e. The third-order valence-electron chi connectivity index (χ3n) is 2.04. The molecule has 3 unspecified atom stereocenters. The Labute approximate surface area is 103 Å². The molecule has 0 aromatic heterocycles. The van der Waals surface area contributed by atoms with E-state index in [0.717, 1.165) is 0 Å². The molecule has 3 atom stereocenters. The van der Waals surface area contributed by atoms with E-state index in [1.54, 1.807) is 0 Å². The van der Waals surface area contributed by atoms with E-state index in [9.17, 15) is 4.39 Å². The van der Waals surface area contributed by atoms with Crippen LogP contribution in [0.25, 0.3) is 0 Å². The molecule has 4 nitrogen and oxygen atoms in total. The van der Waals surface area contributed by atoms with E-state index in [2.05, 4.69) is 0 Å². The lowest BCUT2D eigenvalue weighted by molar-refractivity contribution is -0.0770. The Morgan fingerprint density at radius 1 is 1.12 bits per heavy atom. The summed E-state index contributed by atoms with van der Waals surface area (Å²) in [6, 6.07) is 2.70. The predicted octanol–water partition coefficient (Wildman–Crippen LogP) is 2.25. The average molecular weight is 285 g/mol. The van der Waals surface area contributed by atoms with Gasteiger partial charge in [-0.3, -0.25) is 0 Å². The minimum absolute atomic E-state index is 0.0444. The Kier molecular flexibility index (Phi) is 2.53. The monoisotopic (exact) mass is 284 g/mol. The molecule has 0 bridgehead atoms. The van der Waals surface area contributed by atoms with Crippen LogP contribution in [-0.2, 0) is 0 Å². The van der Waals surface area contributed by atoms with Gasteiger partial charge in [-0.05, 0) is 11.6 Å². The van der Waals surface area contributed by atoms with Crippen molar-refractivity contribution < 1.29 is 13.9 Å². The van der Waals surface area contributed by atoms with Crippen molar-refractivity contribution in [2.75, 3.05) is 11.5 Å². The minimum Gasteiger partial charge on any atom is -0.456 e. The normalized spacial score (nSPS) is 32.5. The zero-order valence-electron chi connectivity index (χ0n) is 7.84. The van der Waals surface area contributed by atoms with Crippen molar-refractivity contribution in [1.29, 1.82) is 0 Å². The lowest BCUT2D eigenvalue weighted by atomic mass is 10.2. The first-order valence-corrected chi connectivity index (χ1v) is 5.49. The predicted molar refractivity (Wildman–Crippen MR) is 64.5 cm³/mol. The van der Waals surface area contributed by atoms with Crippen LogP contribution >= 0.6 is 32.4 Å². The van der Waals surface area contributed by atoms with E-state index in [1.165, 1.54) is 12.1 Å². The first-order chi connectivity index (χ1) is 7.23. The number of benzene rings is 1. The van der Waals surface area contributed by atoms with Gasteiger partial charge in [0, 0.05) is 12.1 Å². The zero-order valence-corrected chi connectivity index (χ0v) is 10.5. The molecule has 0 amide bonds. The molecule has 0 fully saturated rings. The van der Waals surface area contributed by atoms with Crippen molar-refractivity contribution in [2.24, 2.45) is 0 Å². The maximum atomic E-state index is 13.8. The van der Waals surface area contributed by atoms with Gasteiger partial charge in [0.1, 0.15) is 0 Å². The van der Waals surface area contributed by atoms with E-state index in [4.69, 9.17) is 44.1 Å². The molecule has 8 heteroatoms. The number of alkyl halides is 3. The second-order valence-electron chi connectivity index (χ2n) is 3.29. The summed E-state index contributed by atoms with van der Waals surface area (Å²) in [5, 5.41) is -2.71. The van der Waals surface area contributed by atoms with Gasteiger partial charge in [0.05, 0.1) is 11.4 Å². The molecule has 1 aliphatic heterocycles. The number of anilines is 2. The van der Waals surface area contributed by atoms with Gasteiger partial charge in [-0.15, -0.1) is 0 Å². The highest BCUT2D eigenvalue weighted by atomic mass is 35.5. The lowest BCUT2D eigenvalue weighted by Crippen LogP contribution is -2.49. The topological polar surface area (TPSA) is 70.5 Å². The van der Waals surface area contributed by atoms with Gasteiger partial charge in [0.2, 0.25) is 0 Å². The van der Waals surface area contributed by atoms with Gasteiger partial charge in [0.15, 0.2) is 11.5 Å². The molecule has 0 spiro atoms. The number of hydrogen-bond donors (Lipinski definition) is 2. The zero-order chi connectivity index (χ0) is 12.1. The quantitative estimate of drug-likeness (QED) is 0.436. The van der Waals surface area contributed by atoms with Gasteiger partial charge in [-0.1, -0.05) is 20.8 Å². The van der Waals surface area contributed by atoms with E-state index in [0.29, 0.717) is 0 Å². The van der Waals surface area contributed by atoms with Crippen molar-refractivity contribution in [3.63, 3.8) is 0 Å². The number of rotatable bonds is 0. The van der Waals surface area contributed by atoms with Crippen LogP contribution < -0.4 is 20.9 Å². The summed E-state index contributed by atoms with van der Waals surface area (Å²) in [6.45, 7) is 0. The number of halogens is 3. The van der Waals surface area contributed by atoms with Crippen LogP contribution in [0.4, 0.5) is 15.8 Å². The van der Waals surface area contributed by atoms with Crippen molar-refractivity contribution in [3.05, 3.63) is 12.1 Å². The Morgan fingerprint density at radius 2 is 1.56 bits per heavy atom. The highest BCUT2D eigenvalue weighted by molar-refractivity contribution is 7.22. The van der Waals surface area contributed by atoms with Crippen molar-refractivity contribution in [1.82, 2.24) is 0 Å². The van der Waals surface area contributed by atoms with E-state index < -0.39 is 10.1 Å². The minimum atomic E-state index is -2.71. The second-order valence-corrected chi connectivity index (χ2v) is 5.52. The molecule has 0 saturated carbocycles. The Bertz CT molecular complexity index is 415. The van der Waals surface area contributed by atoms with Crippen LogP contribution in [0.3, 0.4) is 0 Å². The molecular weight excluding hydrogens is 277 g/mol. The first-order valence-electron chi connectivity index (χ1n) is 4.15. The van der Waals surface area contributed by atoms with Crippen LogP contribution in [0.2, 0.25) is 0 Å². The standard InChI is InChI=1S/C8H8Cl2FN2O2P/c9-7(11)8(10,16)15-6-2-4(13)3(12)1-5(6)14-7/h1-2H,12-13,16H2. The van der Waals surface area contributed by atoms with Gasteiger partial charge in [-0.2, -0.15) is 4.39 Å². The summed E-state index contributed by atoms with van der Waals surface area (Å²) < 4.78 is 23.7. The van der Waals surface area contributed by atoms with Crippen LogP contribution in [-0.4, -0.2) is 10.1 Å². The second kappa shape index (κ2) is 3.42. The summed E-state index contributed by atoms with van der Waals surface area (Å²) in [4.78, 5) is -1.93. The number of hydrogen-bond acceptors (Lipinski definition) is 4. The van der Waals surface area contributed by atoms with Gasteiger partial charge in [-0.25, -0.2) is 0 Å². The van der Waals surface area contributed by atoms with Gasteiger partial charge < -0.3 is 20.9 Å². The third kappa shape index (κ3) is 1.73. The Hall–Kier alpha value is -0.640. The maximum Gasteiger partial charge on any atom is 0.385 e. The highest BCUT2D eigenvalue weighted by Gasteiger charge is 2.56. The lowest BCUT2D eigenvalue weighted by Gasteiger charge is -2.38. The summed E-state index contributed by atoms with van der Waals surface area (Å²) in [5.74, 6) is 0.216. The number of nitrogens with two attached hydrogens (primary N) is 2. The molecule has 1 aromatic rings. The van der Waals surface area contributed by atoms with Gasteiger partial charge in [0.25, 0.3) is 4.80 Å². The van der Waals surface area contributed by atoms with E-state index in [1.807, 2.05) is 9.24 Å². The number of fused-ring (bicyclic) bond motifs is 1. The third-order valence-corrected chi connectivity index (χ3v) is 3.49. The van der Waals surface area contributed by atoms with Gasteiger partial charge >= 0.3 is 5.31 Å². The van der Waals surface area contributed by atoms with Crippen LogP contribution in [0.15, 0.2) is 12.1 Å². The van der Waals surface area contributed by atoms with Crippen LogP contribution in [0.5, 0.6) is 11.5 Å². The molecule has 4 N–H and O–H groups in total. The number of nitrogen functional groups attached to an aromatic ring is 2.